The number of ether oxygens (including phenoxy) is 1. The number of aromatic nitrogens is 2. The van der Waals surface area contributed by atoms with Crippen LogP contribution in [0.4, 0.5) is 17.3 Å². The van der Waals surface area contributed by atoms with Crippen molar-refractivity contribution in [3.05, 3.63) is 36.2 Å². The van der Waals surface area contributed by atoms with Gasteiger partial charge in [0.2, 0.25) is 0 Å². The Morgan fingerprint density at radius 2 is 1.90 bits per heavy atom. The number of nitrogens with one attached hydrogen (secondary N) is 2. The highest BCUT2D eigenvalue weighted by molar-refractivity contribution is 5.65. The average molecular weight is 286 g/mol. The smallest absolute Gasteiger partial charge is 0.142 e. The Morgan fingerprint density at radius 1 is 1.14 bits per heavy atom. The van der Waals surface area contributed by atoms with Crippen molar-refractivity contribution >= 4 is 17.3 Å². The van der Waals surface area contributed by atoms with E-state index in [-0.39, 0.29) is 0 Å². The largest absolute Gasteiger partial charge is 0.495 e. The van der Waals surface area contributed by atoms with Crippen LogP contribution in [-0.2, 0) is 0 Å². The van der Waals surface area contributed by atoms with E-state index >= 15 is 0 Å². The van der Waals surface area contributed by atoms with Gasteiger partial charge in [0.15, 0.2) is 0 Å². The van der Waals surface area contributed by atoms with Crippen molar-refractivity contribution in [1.29, 1.82) is 0 Å². The van der Waals surface area contributed by atoms with E-state index in [0.29, 0.717) is 0 Å². The summed E-state index contributed by atoms with van der Waals surface area (Å²) in [5.74, 6) is 3.11. The summed E-state index contributed by atoms with van der Waals surface area (Å²) < 4.78 is 5.34. The van der Waals surface area contributed by atoms with Crippen LogP contribution in [-0.4, -0.2) is 23.6 Å². The van der Waals surface area contributed by atoms with Gasteiger partial charge in [-0.25, -0.2) is 9.97 Å². The second-order valence-corrected chi connectivity index (χ2v) is 4.79. The van der Waals surface area contributed by atoms with Crippen LogP contribution in [0.15, 0.2) is 30.3 Å². The zero-order valence-corrected chi connectivity index (χ0v) is 12.8. The molecule has 0 amide bonds. The number of nitrogens with zero attached hydrogens (tertiary/aromatic N) is 2. The molecule has 2 N–H and O–H groups in total. The first-order chi connectivity index (χ1) is 10.2. The molecular formula is C16H22N4O. The number of para-hydroxylation sites is 2. The van der Waals surface area contributed by atoms with Crippen molar-refractivity contribution in [3.63, 3.8) is 0 Å². The van der Waals surface area contributed by atoms with Crippen molar-refractivity contribution in [2.45, 2.75) is 26.7 Å². The zero-order valence-electron chi connectivity index (χ0n) is 12.8. The monoisotopic (exact) mass is 286 g/mol. The Balaban J connectivity index is 2.15. The average Bonchev–Trinajstić information content (AvgIpc) is 2.47. The van der Waals surface area contributed by atoms with E-state index in [9.17, 15) is 0 Å². The van der Waals surface area contributed by atoms with Gasteiger partial charge in [-0.15, -0.1) is 0 Å². The van der Waals surface area contributed by atoms with Gasteiger partial charge in [0, 0.05) is 12.6 Å². The van der Waals surface area contributed by atoms with Crippen molar-refractivity contribution in [2.75, 3.05) is 24.3 Å². The molecule has 1 aromatic heterocycles. The molecule has 0 bridgehead atoms. The first-order valence-corrected chi connectivity index (χ1v) is 7.22. The molecule has 1 aromatic carbocycles. The van der Waals surface area contributed by atoms with Gasteiger partial charge in [-0.3, -0.25) is 0 Å². The summed E-state index contributed by atoms with van der Waals surface area (Å²) in [4.78, 5) is 8.81. The molecule has 0 aliphatic carbocycles. The summed E-state index contributed by atoms with van der Waals surface area (Å²) in [6.45, 7) is 4.97. The first-order valence-electron chi connectivity index (χ1n) is 7.22. The standard InChI is InChI=1S/C16H22N4O/c1-4-5-10-17-15-11-16(19-12(2)18-15)20-13-8-6-7-9-14(13)21-3/h6-9,11H,4-5,10H2,1-3H3,(H2,17,18,19,20). The minimum atomic E-state index is 0.730. The molecule has 0 saturated heterocycles. The summed E-state index contributed by atoms with van der Waals surface area (Å²) >= 11 is 0. The number of methoxy groups -OCH3 is 1. The predicted octanol–water partition coefficient (Wildman–Crippen LogP) is 3.75. The van der Waals surface area contributed by atoms with Gasteiger partial charge in [-0.05, 0) is 25.5 Å². The minimum Gasteiger partial charge on any atom is -0.495 e. The van der Waals surface area contributed by atoms with E-state index in [1.807, 2.05) is 37.3 Å². The number of benzene rings is 1. The molecular weight excluding hydrogens is 264 g/mol. The molecule has 0 spiro atoms. The lowest BCUT2D eigenvalue weighted by molar-refractivity contribution is 0.417. The van der Waals surface area contributed by atoms with Crippen LogP contribution in [0, 0.1) is 6.92 Å². The van der Waals surface area contributed by atoms with Crippen LogP contribution >= 0.6 is 0 Å². The molecule has 0 unspecified atom stereocenters. The van der Waals surface area contributed by atoms with Crippen LogP contribution < -0.4 is 15.4 Å². The van der Waals surface area contributed by atoms with Crippen molar-refractivity contribution in [2.24, 2.45) is 0 Å². The van der Waals surface area contributed by atoms with Crippen LogP contribution in [0.2, 0.25) is 0 Å². The normalized spacial score (nSPS) is 10.2. The van der Waals surface area contributed by atoms with Crippen LogP contribution in [0.25, 0.3) is 0 Å². The number of hydrogen-bond acceptors (Lipinski definition) is 5. The molecule has 0 fully saturated rings. The molecule has 0 atom stereocenters. The molecule has 0 radical (unpaired) electrons. The topological polar surface area (TPSA) is 59.1 Å². The zero-order chi connectivity index (χ0) is 15.1. The minimum absolute atomic E-state index is 0.730. The van der Waals surface area contributed by atoms with Gasteiger partial charge in [0.1, 0.15) is 23.2 Å². The number of anilines is 3. The second-order valence-electron chi connectivity index (χ2n) is 4.79. The van der Waals surface area contributed by atoms with Gasteiger partial charge in [0.05, 0.1) is 12.8 Å². The molecule has 0 aliphatic heterocycles. The molecule has 21 heavy (non-hydrogen) atoms. The molecule has 1 heterocycles. The van der Waals surface area contributed by atoms with Crippen LogP contribution in [0.1, 0.15) is 25.6 Å². The lowest BCUT2D eigenvalue weighted by atomic mass is 10.3. The quantitative estimate of drug-likeness (QED) is 0.759. The third-order valence-corrected chi connectivity index (χ3v) is 3.04. The maximum Gasteiger partial charge on any atom is 0.142 e. The van der Waals surface area contributed by atoms with E-state index in [1.165, 1.54) is 0 Å². The van der Waals surface area contributed by atoms with Gasteiger partial charge >= 0.3 is 0 Å². The molecule has 2 aromatic rings. The number of rotatable bonds is 7. The van der Waals surface area contributed by atoms with Gasteiger partial charge < -0.3 is 15.4 Å². The van der Waals surface area contributed by atoms with E-state index in [1.54, 1.807) is 7.11 Å². The third-order valence-electron chi connectivity index (χ3n) is 3.04. The van der Waals surface area contributed by atoms with E-state index in [4.69, 9.17) is 4.74 Å². The van der Waals surface area contributed by atoms with Gasteiger partial charge in [-0.2, -0.15) is 0 Å². The Labute approximate surface area is 125 Å². The Morgan fingerprint density at radius 3 is 2.67 bits per heavy atom. The molecule has 5 nitrogen and oxygen atoms in total. The fraction of sp³-hybridized carbons (Fsp3) is 0.375. The lowest BCUT2D eigenvalue weighted by Gasteiger charge is -2.12. The van der Waals surface area contributed by atoms with Crippen molar-refractivity contribution < 1.29 is 4.74 Å². The Kier molecular flexibility index (Phi) is 5.37. The molecule has 5 heteroatoms. The Bertz CT molecular complexity index is 586. The maximum atomic E-state index is 5.34. The van der Waals surface area contributed by atoms with Crippen LogP contribution in [0.3, 0.4) is 0 Å². The maximum absolute atomic E-state index is 5.34. The molecule has 0 aliphatic rings. The summed E-state index contributed by atoms with van der Waals surface area (Å²) in [5.41, 5.74) is 0.887. The van der Waals surface area contributed by atoms with Crippen molar-refractivity contribution in [3.8, 4) is 5.75 Å². The molecule has 0 saturated carbocycles. The summed E-state index contributed by atoms with van der Waals surface area (Å²) in [6, 6.07) is 9.68. The number of aryl methyl sites for hydroxylation is 1. The van der Waals surface area contributed by atoms with E-state index in [2.05, 4.69) is 27.5 Å². The lowest BCUT2D eigenvalue weighted by Crippen LogP contribution is -2.06. The first kappa shape index (κ1) is 15.1. The summed E-state index contributed by atoms with van der Waals surface area (Å²) in [5, 5.41) is 6.60. The summed E-state index contributed by atoms with van der Waals surface area (Å²) in [7, 11) is 1.66. The number of hydrogen-bond donors (Lipinski definition) is 2. The number of unbranched alkanes of at least 4 members (excludes halogenated alkanes) is 1. The highest BCUT2D eigenvalue weighted by Crippen LogP contribution is 2.26. The van der Waals surface area contributed by atoms with Crippen LogP contribution in [0.5, 0.6) is 5.75 Å². The third kappa shape index (κ3) is 4.34. The van der Waals surface area contributed by atoms with Gasteiger partial charge in [-0.1, -0.05) is 25.5 Å². The highest BCUT2D eigenvalue weighted by atomic mass is 16.5. The fourth-order valence-corrected chi connectivity index (χ4v) is 2.00. The van der Waals surface area contributed by atoms with E-state index < -0.39 is 0 Å². The van der Waals surface area contributed by atoms with Gasteiger partial charge in [0.25, 0.3) is 0 Å². The second kappa shape index (κ2) is 7.47. The predicted molar refractivity (Wildman–Crippen MR) is 86.4 cm³/mol. The van der Waals surface area contributed by atoms with E-state index in [0.717, 1.165) is 48.3 Å². The molecule has 112 valence electrons. The van der Waals surface area contributed by atoms with Crippen molar-refractivity contribution in [1.82, 2.24) is 9.97 Å². The summed E-state index contributed by atoms with van der Waals surface area (Å²) in [6.07, 6.45) is 2.28. The SMILES string of the molecule is CCCCNc1cc(Nc2ccccc2OC)nc(C)n1. The fourth-order valence-electron chi connectivity index (χ4n) is 2.00. The molecule has 2 rings (SSSR count). The highest BCUT2D eigenvalue weighted by Gasteiger charge is 2.05. The Hall–Kier alpha value is -2.30.